The summed E-state index contributed by atoms with van der Waals surface area (Å²) in [6.45, 7) is 8.80. The largest absolute Gasteiger partial charge is 0.490 e. The van der Waals surface area contributed by atoms with Crippen LogP contribution in [-0.2, 0) is 4.74 Å². The van der Waals surface area contributed by atoms with Crippen LogP contribution >= 0.6 is 16.3 Å². The molecule has 2 amide bonds. The molecule has 0 aliphatic carbocycles. The number of methoxy groups -OCH3 is 1. The van der Waals surface area contributed by atoms with Gasteiger partial charge < -0.3 is 22.6 Å². The second-order valence-electron chi connectivity index (χ2n) is 9.33. The number of benzene rings is 2. The molecule has 3 rings (SSSR count). The van der Waals surface area contributed by atoms with Crippen LogP contribution in [0, 0.1) is 13.8 Å². The fourth-order valence-corrected chi connectivity index (χ4v) is 4.46. The maximum Gasteiger partial charge on any atom is 0.339 e. The Morgan fingerprint density at radius 3 is 2.02 bits per heavy atom. The first-order valence-electron chi connectivity index (χ1n) is 13.5. The van der Waals surface area contributed by atoms with Gasteiger partial charge in [-0.25, -0.2) is 4.79 Å². The monoisotopic (exact) mass is 629 g/mol. The Morgan fingerprint density at radius 1 is 0.805 bits per heavy atom. The Bertz CT molecular complexity index is 1370. The van der Waals surface area contributed by atoms with Crippen molar-refractivity contribution in [2.24, 2.45) is 0 Å². The van der Waals surface area contributed by atoms with E-state index < -0.39 is 17.8 Å². The topological polar surface area (TPSA) is 117 Å². The average Bonchev–Trinajstić information content (AvgIpc) is 3.32. The van der Waals surface area contributed by atoms with Crippen LogP contribution in [0.3, 0.4) is 0 Å². The van der Waals surface area contributed by atoms with Gasteiger partial charge in [0.15, 0.2) is 27.8 Å². The number of hydrogen-bond donors (Lipinski definition) is 2. The summed E-state index contributed by atoms with van der Waals surface area (Å²) in [5.74, 6) is -0.862. The summed E-state index contributed by atoms with van der Waals surface area (Å²) < 4.78 is 24.0. The van der Waals surface area contributed by atoms with Crippen molar-refractivity contribution in [3.05, 3.63) is 70.5 Å². The minimum absolute atomic E-state index is 0.122. The van der Waals surface area contributed by atoms with Crippen LogP contribution < -0.4 is 24.2 Å². The van der Waals surface area contributed by atoms with Crippen LogP contribution in [0.4, 0.5) is 0 Å². The van der Waals surface area contributed by atoms with Gasteiger partial charge in [-0.2, -0.15) is 0 Å². The van der Waals surface area contributed by atoms with Crippen molar-refractivity contribution in [1.29, 1.82) is 0 Å². The van der Waals surface area contributed by atoms with E-state index in [0.717, 1.165) is 37.1 Å². The molecular formula is C30H36BrN3O7. The van der Waals surface area contributed by atoms with E-state index in [1.165, 1.54) is 25.3 Å². The van der Waals surface area contributed by atoms with Crippen LogP contribution in [0.1, 0.15) is 82.0 Å². The van der Waals surface area contributed by atoms with Gasteiger partial charge >= 0.3 is 5.97 Å². The predicted molar refractivity (Wildman–Crippen MR) is 158 cm³/mol. The quantitative estimate of drug-likeness (QED) is 0.135. The summed E-state index contributed by atoms with van der Waals surface area (Å²) in [6, 6.07) is 11.6. The number of ether oxygens (including phenoxy) is 3. The number of hydrogen-bond acceptors (Lipinski definition) is 7. The summed E-state index contributed by atoms with van der Waals surface area (Å²) in [4.78, 5) is 38.7. The highest BCUT2D eigenvalue weighted by atomic mass is 79.9. The van der Waals surface area contributed by atoms with Crippen molar-refractivity contribution < 1.29 is 32.4 Å². The lowest BCUT2D eigenvalue weighted by molar-refractivity contribution is 0.0600. The lowest BCUT2D eigenvalue weighted by atomic mass is 10.1. The summed E-state index contributed by atoms with van der Waals surface area (Å²) in [6.07, 6.45) is 3.56. The number of carbonyl (C=O) groups excluding carboxylic acids is 3. The van der Waals surface area contributed by atoms with Crippen LogP contribution in [0.15, 0.2) is 42.5 Å². The van der Waals surface area contributed by atoms with Gasteiger partial charge in [0, 0.05) is 17.0 Å². The van der Waals surface area contributed by atoms with E-state index in [4.69, 9.17) is 18.0 Å². The Labute approximate surface area is 248 Å². The first-order chi connectivity index (χ1) is 19.8. The van der Waals surface area contributed by atoms with Crippen molar-refractivity contribution in [3.8, 4) is 22.9 Å². The number of amides is 2. The highest BCUT2D eigenvalue weighted by Gasteiger charge is 2.24. The summed E-state index contributed by atoms with van der Waals surface area (Å²) >= 11 is 2.99. The molecule has 0 bridgehead atoms. The zero-order valence-electron chi connectivity index (χ0n) is 24.0. The molecule has 0 saturated heterocycles. The maximum atomic E-state index is 13.2. The second-order valence-corrected chi connectivity index (χ2v) is 9.66. The number of esters is 1. The molecule has 1 aromatic heterocycles. The van der Waals surface area contributed by atoms with E-state index in [0.29, 0.717) is 36.0 Å². The van der Waals surface area contributed by atoms with E-state index in [9.17, 15) is 14.4 Å². The minimum atomic E-state index is -0.628. The Kier molecular flexibility index (Phi) is 11.6. The molecule has 0 aliphatic rings. The second kappa shape index (κ2) is 15.1. The summed E-state index contributed by atoms with van der Waals surface area (Å²) in [5.41, 5.74) is 7.74. The van der Waals surface area contributed by atoms with Crippen molar-refractivity contribution in [2.75, 3.05) is 20.3 Å². The summed E-state index contributed by atoms with van der Waals surface area (Å²) in [5, 5.41) is 0. The zero-order chi connectivity index (χ0) is 29.9. The number of halogens is 1. The van der Waals surface area contributed by atoms with Crippen molar-refractivity contribution >= 4 is 34.0 Å². The number of nitrogens with one attached hydrogen (secondary N) is 2. The SMILES string of the molecule is CCCCOc1ccc(C(=O)NNC(=O)c2ccc(C(=O)OC)c(-n3c(C)ccc3C)c2)c(OBr)c1OCCCC. The predicted octanol–water partition coefficient (Wildman–Crippen LogP) is 6.00. The molecule has 1 heterocycles. The average molecular weight is 631 g/mol. The van der Waals surface area contributed by atoms with E-state index >= 15 is 0 Å². The van der Waals surface area contributed by atoms with Crippen molar-refractivity contribution in [3.63, 3.8) is 0 Å². The van der Waals surface area contributed by atoms with E-state index in [1.807, 2.05) is 37.5 Å². The van der Waals surface area contributed by atoms with E-state index in [-0.39, 0.29) is 16.9 Å². The smallest absolute Gasteiger partial charge is 0.339 e. The molecule has 0 fully saturated rings. The van der Waals surface area contributed by atoms with Gasteiger partial charge in [-0.15, -0.1) is 0 Å². The summed E-state index contributed by atoms with van der Waals surface area (Å²) in [7, 11) is 1.30. The number of carbonyl (C=O) groups is 3. The molecule has 3 aromatic rings. The van der Waals surface area contributed by atoms with Gasteiger partial charge in [0.25, 0.3) is 11.8 Å². The third-order valence-electron chi connectivity index (χ3n) is 6.36. The number of rotatable bonds is 13. The molecule has 0 spiro atoms. The molecular weight excluding hydrogens is 594 g/mol. The normalized spacial score (nSPS) is 10.6. The number of aryl methyl sites for hydroxylation is 2. The van der Waals surface area contributed by atoms with E-state index in [2.05, 4.69) is 34.0 Å². The highest BCUT2D eigenvalue weighted by molar-refractivity contribution is 9.06. The fraction of sp³-hybridized carbons (Fsp3) is 0.367. The van der Waals surface area contributed by atoms with Gasteiger partial charge in [0.05, 0.1) is 37.1 Å². The lowest BCUT2D eigenvalue weighted by Crippen LogP contribution is -2.41. The molecule has 0 atom stereocenters. The molecule has 10 nitrogen and oxygen atoms in total. The Hall–Kier alpha value is -3.99. The van der Waals surface area contributed by atoms with Crippen LogP contribution in [0.2, 0.25) is 0 Å². The van der Waals surface area contributed by atoms with Gasteiger partial charge in [0.1, 0.15) is 0 Å². The first-order valence-corrected chi connectivity index (χ1v) is 14.1. The number of aromatic nitrogens is 1. The van der Waals surface area contributed by atoms with Crippen LogP contribution in [0.25, 0.3) is 5.69 Å². The van der Waals surface area contributed by atoms with Gasteiger partial charge in [-0.3, -0.25) is 20.4 Å². The molecule has 0 unspecified atom stereocenters. The lowest BCUT2D eigenvalue weighted by Gasteiger charge is -2.18. The van der Waals surface area contributed by atoms with Gasteiger partial charge in [-0.05, 0) is 69.2 Å². The van der Waals surface area contributed by atoms with Crippen LogP contribution in [0.5, 0.6) is 17.2 Å². The minimum Gasteiger partial charge on any atom is -0.490 e. The molecule has 41 heavy (non-hydrogen) atoms. The third-order valence-corrected chi connectivity index (χ3v) is 6.69. The third kappa shape index (κ3) is 7.60. The molecule has 220 valence electrons. The Morgan fingerprint density at radius 2 is 1.41 bits per heavy atom. The van der Waals surface area contributed by atoms with Gasteiger partial charge in [-0.1, -0.05) is 26.7 Å². The van der Waals surface area contributed by atoms with Crippen molar-refractivity contribution in [2.45, 2.75) is 53.4 Å². The standard InChI is InChI=1S/C30H36BrN3O7/c1-6-8-16-39-25-15-14-23(26(41-31)27(25)40-17-9-7-2)29(36)33-32-28(35)21-12-13-22(30(37)38-5)24(18-21)34-19(3)10-11-20(34)4/h10-15,18H,6-9,16-17H2,1-5H3,(H,32,35)(H,33,36). The van der Waals surface area contributed by atoms with Crippen LogP contribution in [-0.4, -0.2) is 42.7 Å². The van der Waals surface area contributed by atoms with E-state index in [1.54, 1.807) is 12.1 Å². The first kappa shape index (κ1) is 31.5. The number of nitrogens with zero attached hydrogens (tertiary/aromatic N) is 1. The zero-order valence-corrected chi connectivity index (χ0v) is 25.6. The van der Waals surface area contributed by atoms with Gasteiger partial charge in [0.2, 0.25) is 5.75 Å². The fourth-order valence-electron chi connectivity index (χ4n) is 4.14. The molecule has 0 aliphatic heterocycles. The molecule has 2 aromatic carbocycles. The molecule has 2 N–H and O–H groups in total. The molecule has 0 radical (unpaired) electrons. The molecule has 11 heteroatoms. The number of unbranched alkanes of at least 4 members (excludes halogenated alkanes) is 2. The highest BCUT2D eigenvalue weighted by Crippen LogP contribution is 2.41. The van der Waals surface area contributed by atoms with Crippen molar-refractivity contribution in [1.82, 2.24) is 15.4 Å². The maximum absolute atomic E-state index is 13.2. The molecule has 0 saturated carbocycles. The Balaban J connectivity index is 1.85. The number of hydrazine groups is 1.